The van der Waals surface area contributed by atoms with Crippen molar-refractivity contribution < 1.29 is 4.42 Å². The molecule has 0 radical (unpaired) electrons. The fourth-order valence-electron chi connectivity index (χ4n) is 1.64. The summed E-state index contributed by atoms with van der Waals surface area (Å²) in [6.07, 6.45) is 5.61. The molecule has 2 aromatic heterocycles. The van der Waals surface area contributed by atoms with Gasteiger partial charge >= 0.3 is 0 Å². The monoisotopic (exact) mass is 183 g/mol. The fraction of sp³-hybridized carbons (Fsp3) is 0. The first-order valence-corrected chi connectivity index (χ1v) is 4.54. The molecule has 2 heteroatoms. The summed E-state index contributed by atoms with van der Waals surface area (Å²) < 4.78 is 5.35. The number of hydrogen-bond donors (Lipinski definition) is 1. The Bertz CT molecular complexity index is 548. The summed E-state index contributed by atoms with van der Waals surface area (Å²) in [5.74, 6) is 0. The molecule has 1 aromatic carbocycles. The molecule has 0 aliphatic carbocycles. The van der Waals surface area contributed by atoms with Crippen LogP contribution in [0.1, 0.15) is 0 Å². The molecule has 0 spiro atoms. The van der Waals surface area contributed by atoms with Crippen molar-refractivity contribution in [2.75, 3.05) is 0 Å². The number of furan rings is 1. The predicted octanol–water partition coefficient (Wildman–Crippen LogP) is 3.43. The molecule has 0 fully saturated rings. The van der Waals surface area contributed by atoms with Gasteiger partial charge in [-0.15, -0.1) is 0 Å². The van der Waals surface area contributed by atoms with Gasteiger partial charge in [0.1, 0.15) is 5.58 Å². The van der Waals surface area contributed by atoms with Crippen LogP contribution in [0, 0.1) is 0 Å². The van der Waals surface area contributed by atoms with E-state index in [1.807, 2.05) is 24.5 Å². The van der Waals surface area contributed by atoms with Crippen molar-refractivity contribution in [2.24, 2.45) is 0 Å². The minimum atomic E-state index is 0.934. The fourth-order valence-corrected chi connectivity index (χ4v) is 1.64. The number of rotatable bonds is 1. The maximum Gasteiger partial charge on any atom is 0.134 e. The zero-order valence-corrected chi connectivity index (χ0v) is 7.53. The first-order chi connectivity index (χ1) is 6.93. The number of fused-ring (bicyclic) bond motifs is 1. The second kappa shape index (κ2) is 2.77. The number of benzene rings is 1. The number of aromatic amines is 1. The highest BCUT2D eigenvalue weighted by Gasteiger charge is 2.01. The number of nitrogens with one attached hydrogen (secondary N) is 1. The third-order valence-corrected chi connectivity index (χ3v) is 2.39. The molecule has 0 saturated heterocycles. The second-order valence-electron chi connectivity index (χ2n) is 3.27. The van der Waals surface area contributed by atoms with E-state index in [-0.39, 0.29) is 0 Å². The van der Waals surface area contributed by atoms with Crippen LogP contribution < -0.4 is 0 Å². The van der Waals surface area contributed by atoms with Crippen molar-refractivity contribution in [2.45, 2.75) is 0 Å². The van der Waals surface area contributed by atoms with E-state index in [4.69, 9.17) is 4.42 Å². The Labute approximate surface area is 81.2 Å². The highest BCUT2D eigenvalue weighted by molar-refractivity contribution is 5.82. The molecule has 2 heterocycles. The van der Waals surface area contributed by atoms with Crippen molar-refractivity contribution in [3.63, 3.8) is 0 Å². The molecular formula is C12H9NO. The highest BCUT2D eigenvalue weighted by Crippen LogP contribution is 2.24. The third kappa shape index (κ3) is 1.04. The van der Waals surface area contributed by atoms with Crippen molar-refractivity contribution in [3.8, 4) is 11.1 Å². The molecule has 3 aromatic rings. The van der Waals surface area contributed by atoms with Crippen molar-refractivity contribution in [3.05, 3.63) is 49.0 Å². The van der Waals surface area contributed by atoms with Crippen LogP contribution in [0.5, 0.6) is 0 Å². The summed E-state index contributed by atoms with van der Waals surface area (Å²) in [4.78, 5) is 3.04. The van der Waals surface area contributed by atoms with Crippen LogP contribution in [-0.4, -0.2) is 4.98 Å². The van der Waals surface area contributed by atoms with Gasteiger partial charge in [-0.1, -0.05) is 12.1 Å². The molecule has 0 aliphatic heterocycles. The van der Waals surface area contributed by atoms with E-state index in [1.54, 1.807) is 6.26 Å². The van der Waals surface area contributed by atoms with Crippen LogP contribution in [0.4, 0.5) is 0 Å². The smallest absolute Gasteiger partial charge is 0.134 e. The summed E-state index contributed by atoms with van der Waals surface area (Å²) in [5, 5.41) is 1.14. The lowest BCUT2D eigenvalue weighted by Gasteiger charge is -1.96. The van der Waals surface area contributed by atoms with E-state index in [0.29, 0.717) is 0 Å². The zero-order chi connectivity index (χ0) is 9.38. The average molecular weight is 183 g/mol. The van der Waals surface area contributed by atoms with Crippen molar-refractivity contribution in [1.29, 1.82) is 0 Å². The summed E-state index contributed by atoms with van der Waals surface area (Å²) in [6, 6.07) is 10.2. The molecule has 3 rings (SSSR count). The van der Waals surface area contributed by atoms with Gasteiger partial charge in [-0.2, -0.15) is 0 Å². The first-order valence-electron chi connectivity index (χ1n) is 4.54. The summed E-state index contributed by atoms with van der Waals surface area (Å²) in [5.41, 5.74) is 3.29. The second-order valence-corrected chi connectivity index (χ2v) is 3.27. The van der Waals surface area contributed by atoms with Gasteiger partial charge in [-0.25, -0.2) is 0 Å². The molecular weight excluding hydrogens is 174 g/mol. The molecule has 0 unspecified atom stereocenters. The normalized spacial score (nSPS) is 10.9. The van der Waals surface area contributed by atoms with Crippen LogP contribution >= 0.6 is 0 Å². The Balaban J connectivity index is 2.23. The van der Waals surface area contributed by atoms with E-state index in [0.717, 1.165) is 11.0 Å². The van der Waals surface area contributed by atoms with Crippen LogP contribution in [0.25, 0.3) is 22.1 Å². The Morgan fingerprint density at radius 2 is 2.00 bits per heavy atom. The molecule has 0 saturated carbocycles. The third-order valence-electron chi connectivity index (χ3n) is 2.39. The minimum absolute atomic E-state index is 0.934. The van der Waals surface area contributed by atoms with Crippen molar-refractivity contribution >= 4 is 11.0 Å². The van der Waals surface area contributed by atoms with Crippen LogP contribution in [0.15, 0.2) is 53.4 Å². The molecule has 0 amide bonds. The maximum atomic E-state index is 5.35. The van der Waals surface area contributed by atoms with Gasteiger partial charge in [0, 0.05) is 17.8 Å². The SMILES string of the molecule is c1cc(-c2ccc3ccoc3c2)c[nH]1. The average Bonchev–Trinajstić information content (AvgIpc) is 2.88. The number of H-pyrrole nitrogens is 1. The lowest BCUT2D eigenvalue weighted by atomic mass is 10.1. The molecule has 68 valence electrons. The highest BCUT2D eigenvalue weighted by atomic mass is 16.3. The Morgan fingerprint density at radius 3 is 2.86 bits per heavy atom. The Kier molecular flexibility index (Phi) is 1.47. The summed E-state index contributed by atoms with van der Waals surface area (Å²) >= 11 is 0. The Hall–Kier alpha value is -1.96. The lowest BCUT2D eigenvalue weighted by Crippen LogP contribution is -1.72. The standard InChI is InChI=1S/C12H9NO/c1-2-10(11-3-5-13-8-11)7-12-9(1)4-6-14-12/h1-8,13H. The largest absolute Gasteiger partial charge is 0.464 e. The molecule has 14 heavy (non-hydrogen) atoms. The Morgan fingerprint density at radius 1 is 1.00 bits per heavy atom. The van der Waals surface area contributed by atoms with E-state index in [2.05, 4.69) is 23.2 Å². The van der Waals surface area contributed by atoms with E-state index in [9.17, 15) is 0 Å². The van der Waals surface area contributed by atoms with E-state index >= 15 is 0 Å². The number of hydrogen-bond acceptors (Lipinski definition) is 1. The van der Waals surface area contributed by atoms with Gasteiger partial charge in [-0.3, -0.25) is 0 Å². The zero-order valence-electron chi connectivity index (χ0n) is 7.53. The summed E-state index contributed by atoms with van der Waals surface area (Å²) in [6.45, 7) is 0. The van der Waals surface area contributed by atoms with Crippen LogP contribution in [0.2, 0.25) is 0 Å². The quantitative estimate of drug-likeness (QED) is 0.615. The van der Waals surface area contributed by atoms with Gasteiger partial charge in [0.25, 0.3) is 0 Å². The molecule has 1 N–H and O–H groups in total. The molecule has 2 nitrogen and oxygen atoms in total. The predicted molar refractivity (Wildman–Crippen MR) is 56.0 cm³/mol. The maximum absolute atomic E-state index is 5.35. The molecule has 0 atom stereocenters. The molecule has 0 aliphatic rings. The summed E-state index contributed by atoms with van der Waals surface area (Å²) in [7, 11) is 0. The van der Waals surface area contributed by atoms with Gasteiger partial charge in [0.2, 0.25) is 0 Å². The molecule has 0 bridgehead atoms. The lowest BCUT2D eigenvalue weighted by molar-refractivity contribution is 0.616. The van der Waals surface area contributed by atoms with Crippen LogP contribution in [-0.2, 0) is 0 Å². The topological polar surface area (TPSA) is 28.9 Å². The van der Waals surface area contributed by atoms with Crippen molar-refractivity contribution in [1.82, 2.24) is 4.98 Å². The van der Waals surface area contributed by atoms with E-state index in [1.165, 1.54) is 11.1 Å². The van der Waals surface area contributed by atoms with Gasteiger partial charge in [0.15, 0.2) is 0 Å². The van der Waals surface area contributed by atoms with Gasteiger partial charge in [0.05, 0.1) is 6.26 Å². The number of aromatic nitrogens is 1. The van der Waals surface area contributed by atoms with Crippen LogP contribution in [0.3, 0.4) is 0 Å². The first kappa shape index (κ1) is 7.44. The van der Waals surface area contributed by atoms with Gasteiger partial charge in [-0.05, 0) is 29.3 Å². The van der Waals surface area contributed by atoms with Gasteiger partial charge < -0.3 is 9.40 Å². The van der Waals surface area contributed by atoms with E-state index < -0.39 is 0 Å². The minimum Gasteiger partial charge on any atom is -0.464 e.